The molecule has 0 saturated carbocycles. The molecule has 0 aromatic carbocycles. The van der Waals surface area contributed by atoms with E-state index < -0.39 is 0 Å². The molecule has 2 aliphatic heterocycles. The number of rotatable bonds is 6. The molecular weight excluding hydrogens is 405 g/mol. The first-order valence-electron chi connectivity index (χ1n) is 8.78. The number of halogens is 1. The second-order valence-corrected chi connectivity index (χ2v) is 6.26. The van der Waals surface area contributed by atoms with Crippen LogP contribution in [0.3, 0.4) is 0 Å². The van der Waals surface area contributed by atoms with Gasteiger partial charge >= 0.3 is 0 Å². The van der Waals surface area contributed by atoms with E-state index in [0.717, 1.165) is 64.5 Å². The smallest absolute Gasteiger partial charge is 0.191 e. The molecule has 0 radical (unpaired) electrons. The van der Waals surface area contributed by atoms with Crippen LogP contribution in [-0.4, -0.2) is 87.9 Å². The van der Waals surface area contributed by atoms with Crippen molar-refractivity contribution in [3.05, 3.63) is 0 Å². The molecule has 6 nitrogen and oxygen atoms in total. The van der Waals surface area contributed by atoms with Gasteiger partial charge in [0.05, 0.1) is 13.2 Å². The summed E-state index contributed by atoms with van der Waals surface area (Å²) in [5, 5.41) is 6.83. The number of piperidine rings is 1. The van der Waals surface area contributed by atoms with Gasteiger partial charge in [-0.05, 0) is 26.3 Å². The molecule has 0 spiro atoms. The van der Waals surface area contributed by atoms with Crippen molar-refractivity contribution in [1.82, 2.24) is 20.4 Å². The monoisotopic (exact) mass is 439 g/mol. The maximum atomic E-state index is 5.36. The topological polar surface area (TPSA) is 52.1 Å². The van der Waals surface area contributed by atoms with E-state index in [-0.39, 0.29) is 24.0 Å². The summed E-state index contributed by atoms with van der Waals surface area (Å²) in [7, 11) is 1.84. The van der Waals surface area contributed by atoms with Crippen LogP contribution in [-0.2, 0) is 4.74 Å². The Morgan fingerprint density at radius 1 is 1.09 bits per heavy atom. The molecule has 23 heavy (non-hydrogen) atoms. The first-order valence-corrected chi connectivity index (χ1v) is 8.78. The zero-order valence-electron chi connectivity index (χ0n) is 14.7. The van der Waals surface area contributed by atoms with Gasteiger partial charge in [-0.15, -0.1) is 24.0 Å². The first kappa shape index (κ1) is 20.9. The molecule has 0 aliphatic carbocycles. The fourth-order valence-electron chi connectivity index (χ4n) is 3.19. The normalized spacial score (nSPS) is 24.1. The minimum atomic E-state index is 0. The Kier molecular flexibility index (Phi) is 11.2. The van der Waals surface area contributed by atoms with E-state index in [1.807, 2.05) is 7.05 Å². The Bertz CT molecular complexity index is 336. The number of morpholine rings is 1. The lowest BCUT2D eigenvalue weighted by molar-refractivity contribution is 0.0389. The molecule has 2 saturated heterocycles. The average molecular weight is 439 g/mol. The molecule has 1 unspecified atom stereocenters. The van der Waals surface area contributed by atoms with Crippen molar-refractivity contribution >= 4 is 29.9 Å². The third kappa shape index (κ3) is 8.00. The van der Waals surface area contributed by atoms with Crippen molar-refractivity contribution < 1.29 is 4.74 Å². The van der Waals surface area contributed by atoms with Gasteiger partial charge in [-0.2, -0.15) is 0 Å². The van der Waals surface area contributed by atoms with Crippen molar-refractivity contribution in [3.8, 4) is 0 Å². The van der Waals surface area contributed by atoms with E-state index in [1.54, 1.807) is 0 Å². The number of nitrogens with zero attached hydrogens (tertiary/aromatic N) is 3. The molecular formula is C16H34IN5O. The van der Waals surface area contributed by atoms with Gasteiger partial charge in [0.2, 0.25) is 0 Å². The highest BCUT2D eigenvalue weighted by Crippen LogP contribution is 2.15. The maximum Gasteiger partial charge on any atom is 0.191 e. The molecule has 2 N–H and O–H groups in total. The molecule has 0 aromatic rings. The third-order valence-corrected chi connectivity index (χ3v) is 4.68. The molecule has 0 aromatic heterocycles. The molecule has 1 atom stereocenters. The zero-order valence-corrected chi connectivity index (χ0v) is 17.1. The van der Waals surface area contributed by atoms with Gasteiger partial charge in [0.15, 0.2) is 5.96 Å². The highest BCUT2D eigenvalue weighted by molar-refractivity contribution is 14.0. The largest absolute Gasteiger partial charge is 0.379 e. The van der Waals surface area contributed by atoms with Crippen LogP contribution >= 0.6 is 24.0 Å². The Labute approximate surface area is 158 Å². The summed E-state index contributed by atoms with van der Waals surface area (Å²) >= 11 is 0. The van der Waals surface area contributed by atoms with Crippen LogP contribution in [0.25, 0.3) is 0 Å². The fourth-order valence-corrected chi connectivity index (χ4v) is 3.19. The van der Waals surface area contributed by atoms with Crippen LogP contribution in [0.1, 0.15) is 26.2 Å². The molecule has 2 aliphatic rings. The zero-order chi connectivity index (χ0) is 15.6. The second kappa shape index (κ2) is 12.3. The summed E-state index contributed by atoms with van der Waals surface area (Å²) in [6.07, 6.45) is 4.07. The summed E-state index contributed by atoms with van der Waals surface area (Å²) in [6, 6.07) is 0.729. The SMILES string of the molecule is CN=C(NCCN1CCOCC1)NCCN1CCCCC1C.I. The summed E-state index contributed by atoms with van der Waals surface area (Å²) in [5.74, 6) is 0.915. The number of hydrogen-bond acceptors (Lipinski definition) is 4. The molecule has 0 bridgehead atoms. The van der Waals surface area contributed by atoms with E-state index in [0.29, 0.717) is 0 Å². The minimum Gasteiger partial charge on any atom is -0.379 e. The number of likely N-dealkylation sites (tertiary alicyclic amines) is 1. The van der Waals surface area contributed by atoms with Crippen molar-refractivity contribution in [3.63, 3.8) is 0 Å². The summed E-state index contributed by atoms with van der Waals surface area (Å²) in [5.41, 5.74) is 0. The number of aliphatic imine (C=N–C) groups is 1. The Hall–Kier alpha value is -0.120. The predicted molar refractivity (Wildman–Crippen MR) is 107 cm³/mol. The standard InChI is InChI=1S/C16H33N5O.HI/c1-15-5-3-4-8-21(15)10-7-19-16(17-2)18-6-9-20-11-13-22-14-12-20;/h15H,3-14H2,1-2H3,(H2,17,18,19);1H. The number of ether oxygens (including phenoxy) is 1. The maximum absolute atomic E-state index is 5.36. The quantitative estimate of drug-likeness (QED) is 0.367. The van der Waals surface area contributed by atoms with E-state index in [2.05, 4.69) is 32.3 Å². The number of guanidine groups is 1. The van der Waals surface area contributed by atoms with Crippen molar-refractivity contribution in [1.29, 1.82) is 0 Å². The van der Waals surface area contributed by atoms with Gasteiger partial charge in [-0.3, -0.25) is 14.8 Å². The fraction of sp³-hybridized carbons (Fsp3) is 0.938. The van der Waals surface area contributed by atoms with Crippen molar-refractivity contribution in [2.75, 3.05) is 66.1 Å². The lowest BCUT2D eigenvalue weighted by atomic mass is 10.0. The van der Waals surface area contributed by atoms with Gasteiger partial charge in [-0.25, -0.2) is 0 Å². The Morgan fingerprint density at radius 3 is 2.43 bits per heavy atom. The first-order chi connectivity index (χ1) is 10.8. The predicted octanol–water partition coefficient (Wildman–Crippen LogP) is 0.976. The summed E-state index contributed by atoms with van der Waals surface area (Å²) in [6.45, 7) is 11.4. The van der Waals surface area contributed by atoms with Crippen LogP contribution in [0.4, 0.5) is 0 Å². The number of nitrogens with one attached hydrogen (secondary N) is 2. The van der Waals surface area contributed by atoms with E-state index in [1.165, 1.54) is 25.8 Å². The summed E-state index contributed by atoms with van der Waals surface area (Å²) in [4.78, 5) is 9.32. The highest BCUT2D eigenvalue weighted by Gasteiger charge is 2.17. The van der Waals surface area contributed by atoms with Crippen molar-refractivity contribution in [2.45, 2.75) is 32.2 Å². The van der Waals surface area contributed by atoms with Crippen LogP contribution in [0, 0.1) is 0 Å². The van der Waals surface area contributed by atoms with Crippen LogP contribution in [0.15, 0.2) is 4.99 Å². The van der Waals surface area contributed by atoms with Crippen LogP contribution in [0.5, 0.6) is 0 Å². The van der Waals surface area contributed by atoms with Gasteiger partial charge in [-0.1, -0.05) is 6.42 Å². The van der Waals surface area contributed by atoms with Gasteiger partial charge in [0.25, 0.3) is 0 Å². The van der Waals surface area contributed by atoms with E-state index >= 15 is 0 Å². The van der Waals surface area contributed by atoms with Gasteiger partial charge < -0.3 is 15.4 Å². The average Bonchev–Trinajstić information content (AvgIpc) is 2.56. The third-order valence-electron chi connectivity index (χ3n) is 4.68. The Morgan fingerprint density at radius 2 is 1.78 bits per heavy atom. The molecule has 136 valence electrons. The second-order valence-electron chi connectivity index (χ2n) is 6.26. The molecule has 2 fully saturated rings. The van der Waals surface area contributed by atoms with Gasteiger partial charge in [0, 0.05) is 52.4 Å². The number of hydrogen-bond donors (Lipinski definition) is 2. The molecule has 0 amide bonds. The van der Waals surface area contributed by atoms with Crippen LogP contribution in [0.2, 0.25) is 0 Å². The van der Waals surface area contributed by atoms with Gasteiger partial charge in [0.1, 0.15) is 0 Å². The summed E-state index contributed by atoms with van der Waals surface area (Å²) < 4.78 is 5.36. The lowest BCUT2D eigenvalue weighted by Crippen LogP contribution is -2.47. The van der Waals surface area contributed by atoms with Crippen molar-refractivity contribution in [2.24, 2.45) is 4.99 Å². The Balaban J connectivity index is 0.00000264. The highest BCUT2D eigenvalue weighted by atomic mass is 127. The van der Waals surface area contributed by atoms with E-state index in [4.69, 9.17) is 4.74 Å². The molecule has 7 heteroatoms. The molecule has 2 rings (SSSR count). The lowest BCUT2D eigenvalue weighted by Gasteiger charge is -2.33. The van der Waals surface area contributed by atoms with E-state index in [9.17, 15) is 0 Å². The van der Waals surface area contributed by atoms with Crippen LogP contribution < -0.4 is 10.6 Å². The molecule has 2 heterocycles. The minimum absolute atomic E-state index is 0.